The number of fused-ring (bicyclic) bond motifs is 1. The molecule has 2 aliphatic rings. The van der Waals surface area contributed by atoms with Crippen LogP contribution in [0.5, 0.6) is 11.5 Å². The zero-order chi connectivity index (χ0) is 13.1. The van der Waals surface area contributed by atoms with Crippen molar-refractivity contribution in [1.29, 1.82) is 0 Å². The minimum absolute atomic E-state index is 0.108. The van der Waals surface area contributed by atoms with Crippen molar-refractivity contribution in [2.24, 2.45) is 0 Å². The molecule has 102 valence electrons. The summed E-state index contributed by atoms with van der Waals surface area (Å²) in [6.07, 6.45) is 0.152. The van der Waals surface area contributed by atoms with Gasteiger partial charge in [-0.3, -0.25) is 4.79 Å². The fourth-order valence-electron chi connectivity index (χ4n) is 2.30. The van der Waals surface area contributed by atoms with Gasteiger partial charge in [-0.05, 0) is 12.1 Å². The van der Waals surface area contributed by atoms with E-state index in [1.165, 1.54) is 0 Å². The summed E-state index contributed by atoms with van der Waals surface area (Å²) >= 11 is 0. The van der Waals surface area contributed by atoms with Crippen molar-refractivity contribution in [3.8, 4) is 11.5 Å². The lowest BCUT2D eigenvalue weighted by atomic mass is 10.2. The third-order valence-electron chi connectivity index (χ3n) is 3.33. The molecule has 0 spiro atoms. The summed E-state index contributed by atoms with van der Waals surface area (Å²) in [5.74, 6) is 1.57. The quantitative estimate of drug-likeness (QED) is 0.801. The Morgan fingerprint density at radius 3 is 2.74 bits per heavy atom. The maximum Gasteiger partial charge on any atom is 0.226 e. The first kappa shape index (κ1) is 12.3. The Labute approximate surface area is 112 Å². The van der Waals surface area contributed by atoms with E-state index in [4.69, 9.17) is 14.2 Å². The highest BCUT2D eigenvalue weighted by Crippen LogP contribution is 2.31. The van der Waals surface area contributed by atoms with E-state index in [0.29, 0.717) is 45.1 Å². The predicted molar refractivity (Wildman–Crippen MR) is 68.4 cm³/mol. The standard InChI is InChI=1S/C14H17NO4/c16-14(15-5-7-17-8-6-15)9-11-10-18-12-3-1-2-4-13(12)19-11/h1-4,11H,5-10H2/t11-/m0/s1. The van der Waals surface area contributed by atoms with Crippen LogP contribution in [0.25, 0.3) is 0 Å². The molecule has 2 heterocycles. The minimum Gasteiger partial charge on any atom is -0.486 e. The third-order valence-corrected chi connectivity index (χ3v) is 3.33. The first-order valence-electron chi connectivity index (χ1n) is 6.57. The van der Waals surface area contributed by atoms with Crippen molar-refractivity contribution in [2.75, 3.05) is 32.9 Å². The first-order valence-corrected chi connectivity index (χ1v) is 6.57. The number of benzene rings is 1. The molecule has 5 heteroatoms. The molecule has 2 aliphatic heterocycles. The van der Waals surface area contributed by atoms with Crippen LogP contribution in [-0.2, 0) is 9.53 Å². The summed E-state index contributed by atoms with van der Waals surface area (Å²) in [6, 6.07) is 7.53. The van der Waals surface area contributed by atoms with Gasteiger partial charge in [0.1, 0.15) is 12.7 Å². The van der Waals surface area contributed by atoms with Gasteiger partial charge in [0.15, 0.2) is 11.5 Å². The van der Waals surface area contributed by atoms with Gasteiger partial charge in [0.2, 0.25) is 5.91 Å². The number of para-hydroxylation sites is 2. The van der Waals surface area contributed by atoms with Crippen LogP contribution in [0.3, 0.4) is 0 Å². The molecule has 1 atom stereocenters. The van der Waals surface area contributed by atoms with E-state index in [1.54, 1.807) is 0 Å². The lowest BCUT2D eigenvalue weighted by Crippen LogP contribution is -2.43. The largest absolute Gasteiger partial charge is 0.486 e. The van der Waals surface area contributed by atoms with Gasteiger partial charge in [-0.1, -0.05) is 12.1 Å². The summed E-state index contributed by atoms with van der Waals surface area (Å²) in [5, 5.41) is 0. The Bertz CT molecular complexity index is 457. The molecular formula is C14H17NO4. The molecule has 3 rings (SSSR count). The lowest BCUT2D eigenvalue weighted by molar-refractivity contribution is -0.137. The van der Waals surface area contributed by atoms with Gasteiger partial charge < -0.3 is 19.1 Å². The Morgan fingerprint density at radius 1 is 1.21 bits per heavy atom. The fraction of sp³-hybridized carbons (Fsp3) is 0.500. The number of hydrogen-bond acceptors (Lipinski definition) is 4. The Balaban J connectivity index is 1.58. The smallest absolute Gasteiger partial charge is 0.226 e. The molecule has 0 saturated carbocycles. The van der Waals surface area contributed by atoms with Crippen LogP contribution in [0.15, 0.2) is 24.3 Å². The van der Waals surface area contributed by atoms with Gasteiger partial charge in [-0.2, -0.15) is 0 Å². The molecule has 0 aliphatic carbocycles. The minimum atomic E-state index is -0.203. The Kier molecular flexibility index (Phi) is 3.55. The molecular weight excluding hydrogens is 246 g/mol. The molecule has 0 unspecified atom stereocenters. The van der Waals surface area contributed by atoms with Gasteiger partial charge in [0.05, 0.1) is 19.6 Å². The maximum absolute atomic E-state index is 12.1. The summed E-state index contributed by atoms with van der Waals surface area (Å²) in [6.45, 7) is 3.01. The van der Waals surface area contributed by atoms with Crippen LogP contribution in [0.1, 0.15) is 6.42 Å². The van der Waals surface area contributed by atoms with Crippen molar-refractivity contribution in [3.63, 3.8) is 0 Å². The van der Waals surface area contributed by atoms with Crippen molar-refractivity contribution < 1.29 is 19.0 Å². The molecule has 0 radical (unpaired) electrons. The second kappa shape index (κ2) is 5.48. The average Bonchev–Trinajstić information content (AvgIpc) is 2.48. The van der Waals surface area contributed by atoms with E-state index >= 15 is 0 Å². The van der Waals surface area contributed by atoms with Gasteiger partial charge in [0, 0.05) is 13.1 Å². The third kappa shape index (κ3) is 2.81. The van der Waals surface area contributed by atoms with E-state index in [9.17, 15) is 4.79 Å². The number of ether oxygens (including phenoxy) is 3. The topological polar surface area (TPSA) is 48.0 Å². The van der Waals surface area contributed by atoms with E-state index in [2.05, 4.69) is 0 Å². The van der Waals surface area contributed by atoms with E-state index in [1.807, 2.05) is 29.2 Å². The molecule has 0 bridgehead atoms. The first-order chi connectivity index (χ1) is 9.33. The van der Waals surface area contributed by atoms with Crippen molar-refractivity contribution in [3.05, 3.63) is 24.3 Å². The van der Waals surface area contributed by atoms with Crippen LogP contribution < -0.4 is 9.47 Å². The second-order valence-electron chi connectivity index (χ2n) is 4.69. The second-order valence-corrected chi connectivity index (χ2v) is 4.69. The number of nitrogens with zero attached hydrogens (tertiary/aromatic N) is 1. The monoisotopic (exact) mass is 263 g/mol. The number of morpholine rings is 1. The number of rotatable bonds is 2. The zero-order valence-electron chi connectivity index (χ0n) is 10.7. The normalized spacial score (nSPS) is 22.1. The van der Waals surface area contributed by atoms with Crippen LogP contribution in [0.2, 0.25) is 0 Å². The van der Waals surface area contributed by atoms with Gasteiger partial charge >= 0.3 is 0 Å². The highest BCUT2D eigenvalue weighted by molar-refractivity contribution is 5.77. The van der Waals surface area contributed by atoms with Gasteiger partial charge in [0.25, 0.3) is 0 Å². The number of hydrogen-bond donors (Lipinski definition) is 0. The summed E-state index contributed by atoms with van der Waals surface area (Å²) in [4.78, 5) is 13.9. The molecule has 1 amide bonds. The van der Waals surface area contributed by atoms with E-state index < -0.39 is 0 Å². The van der Waals surface area contributed by atoms with Crippen LogP contribution in [0.4, 0.5) is 0 Å². The SMILES string of the molecule is O=C(C[C@H]1COc2ccccc2O1)N1CCOCC1. The van der Waals surface area contributed by atoms with Crippen LogP contribution >= 0.6 is 0 Å². The number of carbonyl (C=O) groups is 1. The highest BCUT2D eigenvalue weighted by atomic mass is 16.6. The Hall–Kier alpha value is -1.75. The van der Waals surface area contributed by atoms with Gasteiger partial charge in [-0.15, -0.1) is 0 Å². The molecule has 1 saturated heterocycles. The van der Waals surface area contributed by atoms with Gasteiger partial charge in [-0.25, -0.2) is 0 Å². The molecule has 0 N–H and O–H groups in total. The number of amides is 1. The van der Waals surface area contributed by atoms with Crippen LogP contribution in [0, 0.1) is 0 Å². The molecule has 1 aromatic carbocycles. The van der Waals surface area contributed by atoms with E-state index in [-0.39, 0.29) is 12.0 Å². The molecule has 5 nitrogen and oxygen atoms in total. The molecule has 0 aromatic heterocycles. The average molecular weight is 263 g/mol. The Morgan fingerprint density at radius 2 is 1.95 bits per heavy atom. The highest BCUT2D eigenvalue weighted by Gasteiger charge is 2.26. The maximum atomic E-state index is 12.1. The van der Waals surface area contributed by atoms with Crippen molar-refractivity contribution in [2.45, 2.75) is 12.5 Å². The van der Waals surface area contributed by atoms with Crippen LogP contribution in [-0.4, -0.2) is 49.8 Å². The van der Waals surface area contributed by atoms with Crippen molar-refractivity contribution >= 4 is 5.91 Å². The van der Waals surface area contributed by atoms with E-state index in [0.717, 1.165) is 5.75 Å². The summed E-state index contributed by atoms with van der Waals surface area (Å²) < 4.78 is 16.6. The fourth-order valence-corrected chi connectivity index (χ4v) is 2.30. The van der Waals surface area contributed by atoms with Crippen molar-refractivity contribution in [1.82, 2.24) is 4.90 Å². The summed E-state index contributed by atoms with van der Waals surface area (Å²) in [5.41, 5.74) is 0. The number of carbonyl (C=O) groups excluding carboxylic acids is 1. The molecule has 1 aromatic rings. The molecule has 1 fully saturated rings. The zero-order valence-corrected chi connectivity index (χ0v) is 10.7. The lowest BCUT2D eigenvalue weighted by Gasteiger charge is -2.30. The molecule has 19 heavy (non-hydrogen) atoms. The predicted octanol–water partition coefficient (Wildman–Crippen LogP) is 1.08. The summed E-state index contributed by atoms with van der Waals surface area (Å²) in [7, 11) is 0.